The van der Waals surface area contributed by atoms with Crippen molar-refractivity contribution >= 4 is 80.4 Å². The molecule has 0 aliphatic carbocycles. The van der Waals surface area contributed by atoms with Crippen LogP contribution in [0.2, 0.25) is 20.1 Å². The maximum Gasteiger partial charge on any atom is 0.276 e. The van der Waals surface area contributed by atoms with Gasteiger partial charge in [0.15, 0.2) is 5.82 Å². The lowest BCUT2D eigenvalue weighted by Gasteiger charge is -2.45. The average molecular weight is 734 g/mol. The van der Waals surface area contributed by atoms with E-state index in [1.165, 1.54) is 10.6 Å². The van der Waals surface area contributed by atoms with Crippen molar-refractivity contribution in [2.45, 2.75) is 52.7 Å². The van der Waals surface area contributed by atoms with E-state index in [1.807, 2.05) is 63.7 Å². The number of amides is 1. The lowest BCUT2D eigenvalue weighted by Crippen LogP contribution is -2.58. The van der Waals surface area contributed by atoms with Crippen LogP contribution in [-0.2, 0) is 4.79 Å². The minimum Gasteiger partial charge on any atom is -0.395 e. The van der Waals surface area contributed by atoms with Gasteiger partial charge in [-0.2, -0.15) is 5.26 Å². The molecular weight excluding hydrogens is 699 g/mol. The minimum absolute atomic E-state index is 0.0164. The number of rotatable bonds is 5. The minimum atomic E-state index is -0.979. The van der Waals surface area contributed by atoms with E-state index < -0.39 is 17.1 Å². The standard InChI is InChI=1S/C34H34Cl4FN7O2/c1-8-22(47)45-17(5)13-44(14-18(45)6)32-19-11-21(35)29(23-24(36)25(37)26(38)28(41)27(23)39)42-33(19)46(34(48)20(32)12-40)31-16(4)9-10-43(7)30(31)15(2)3/h8-11,15,17-18,30H,1,13-14,41H2,2-7H3/t17-,18+,30?. The highest BCUT2D eigenvalue weighted by Gasteiger charge is 2.37. The molecule has 1 saturated heterocycles. The number of pyridine rings is 2. The topological polar surface area (TPSA) is 111 Å². The zero-order valence-electron chi connectivity index (χ0n) is 27.2. The molecule has 2 aromatic heterocycles. The van der Waals surface area contributed by atoms with Gasteiger partial charge in [0.2, 0.25) is 5.91 Å². The van der Waals surface area contributed by atoms with Crippen molar-refractivity contribution in [1.82, 2.24) is 19.4 Å². The molecule has 0 bridgehead atoms. The van der Waals surface area contributed by atoms with E-state index in [1.54, 1.807) is 11.0 Å². The molecule has 4 heterocycles. The first-order valence-corrected chi connectivity index (χ1v) is 16.7. The van der Waals surface area contributed by atoms with Crippen molar-refractivity contribution in [2.24, 2.45) is 5.92 Å². The number of carbonyl (C=O) groups excluding carboxylic acids is 1. The van der Waals surface area contributed by atoms with Crippen LogP contribution in [0.25, 0.3) is 28.0 Å². The number of carbonyl (C=O) groups is 1. The number of anilines is 2. The number of benzene rings is 1. The fraction of sp³-hybridized carbons (Fsp3) is 0.353. The van der Waals surface area contributed by atoms with E-state index in [-0.39, 0.29) is 72.5 Å². The number of halogens is 5. The third-order valence-corrected chi connectivity index (χ3v) is 10.6. The number of nitrogens with two attached hydrogens (primary N) is 1. The number of allylic oxidation sites excluding steroid dienone is 2. The molecule has 5 rings (SSSR count). The normalized spacial score (nSPS) is 19.8. The summed E-state index contributed by atoms with van der Waals surface area (Å²) >= 11 is 25.9. The van der Waals surface area contributed by atoms with Crippen LogP contribution in [-0.4, -0.2) is 63.5 Å². The number of hydrogen-bond donors (Lipinski definition) is 1. The molecular formula is C34H34Cl4FN7O2. The van der Waals surface area contributed by atoms with Crippen LogP contribution in [0.4, 0.5) is 15.8 Å². The molecule has 0 saturated carbocycles. The Balaban J connectivity index is 1.94. The molecule has 1 fully saturated rings. The van der Waals surface area contributed by atoms with E-state index in [0.717, 1.165) is 5.57 Å². The Kier molecular flexibility index (Phi) is 9.84. The highest BCUT2D eigenvalue weighted by Crippen LogP contribution is 2.47. The molecule has 14 heteroatoms. The second kappa shape index (κ2) is 13.3. The number of nitrogen functional groups attached to an aromatic ring is 1. The highest BCUT2D eigenvalue weighted by atomic mass is 35.5. The van der Waals surface area contributed by atoms with Gasteiger partial charge in [0.05, 0.1) is 54.5 Å². The van der Waals surface area contributed by atoms with Gasteiger partial charge in [0.25, 0.3) is 5.56 Å². The van der Waals surface area contributed by atoms with Gasteiger partial charge >= 0.3 is 0 Å². The molecule has 0 spiro atoms. The summed E-state index contributed by atoms with van der Waals surface area (Å²) in [4.78, 5) is 37.9. The third-order valence-electron chi connectivity index (χ3n) is 8.94. The van der Waals surface area contributed by atoms with Gasteiger partial charge in [-0.3, -0.25) is 14.2 Å². The number of nitrogens with zero attached hydrogens (tertiary/aromatic N) is 6. The maximum atomic E-state index is 15.9. The molecule has 1 amide bonds. The first-order chi connectivity index (χ1) is 22.6. The van der Waals surface area contributed by atoms with Crippen LogP contribution in [0, 0.1) is 23.1 Å². The number of likely N-dealkylation sites (N-methyl/N-ethyl adjacent to an activating group) is 1. The molecule has 48 heavy (non-hydrogen) atoms. The second-order valence-corrected chi connectivity index (χ2v) is 14.0. The van der Waals surface area contributed by atoms with Gasteiger partial charge < -0.3 is 20.4 Å². The van der Waals surface area contributed by atoms with Crippen LogP contribution in [0.1, 0.15) is 40.2 Å². The van der Waals surface area contributed by atoms with Gasteiger partial charge in [0, 0.05) is 37.6 Å². The van der Waals surface area contributed by atoms with Crippen molar-refractivity contribution in [3.8, 4) is 17.3 Å². The number of piperazine rings is 1. The molecule has 9 nitrogen and oxygen atoms in total. The van der Waals surface area contributed by atoms with E-state index in [0.29, 0.717) is 29.9 Å². The van der Waals surface area contributed by atoms with Crippen molar-refractivity contribution in [3.05, 3.63) is 78.4 Å². The second-order valence-electron chi connectivity index (χ2n) is 12.5. The fourth-order valence-electron chi connectivity index (χ4n) is 6.93. The molecule has 1 unspecified atom stereocenters. The van der Waals surface area contributed by atoms with Crippen LogP contribution in [0.15, 0.2) is 41.4 Å². The fourth-order valence-corrected chi connectivity index (χ4v) is 7.86. The Hall–Kier alpha value is -3.75. The summed E-state index contributed by atoms with van der Waals surface area (Å²) in [7, 11) is 1.90. The monoisotopic (exact) mass is 731 g/mol. The summed E-state index contributed by atoms with van der Waals surface area (Å²) in [5, 5.41) is 10.2. The summed E-state index contributed by atoms with van der Waals surface area (Å²) in [5.41, 5.74) is 6.15. The van der Waals surface area contributed by atoms with Crippen LogP contribution < -0.4 is 16.2 Å². The highest BCUT2D eigenvalue weighted by molar-refractivity contribution is 6.50. The van der Waals surface area contributed by atoms with Crippen LogP contribution >= 0.6 is 46.4 Å². The molecule has 252 valence electrons. The molecule has 2 aliphatic heterocycles. The number of hydrogen-bond acceptors (Lipinski definition) is 7. The van der Waals surface area contributed by atoms with E-state index >= 15 is 4.39 Å². The van der Waals surface area contributed by atoms with Crippen molar-refractivity contribution < 1.29 is 9.18 Å². The largest absolute Gasteiger partial charge is 0.395 e. The van der Waals surface area contributed by atoms with E-state index in [9.17, 15) is 14.9 Å². The van der Waals surface area contributed by atoms with Gasteiger partial charge in [0.1, 0.15) is 17.3 Å². The Labute approximate surface area is 298 Å². The Morgan fingerprint density at radius 3 is 2.35 bits per heavy atom. The van der Waals surface area contributed by atoms with Crippen LogP contribution in [0.3, 0.4) is 0 Å². The molecule has 2 N–H and O–H groups in total. The van der Waals surface area contributed by atoms with Gasteiger partial charge in [-0.25, -0.2) is 9.37 Å². The summed E-state index contributed by atoms with van der Waals surface area (Å²) < 4.78 is 17.3. The van der Waals surface area contributed by atoms with Crippen molar-refractivity contribution in [1.29, 1.82) is 5.26 Å². The zero-order valence-corrected chi connectivity index (χ0v) is 30.2. The third kappa shape index (κ3) is 5.61. The summed E-state index contributed by atoms with van der Waals surface area (Å²) in [6.45, 7) is 13.9. The first-order valence-electron chi connectivity index (χ1n) is 15.2. The lowest BCUT2D eigenvalue weighted by atomic mass is 9.93. The quantitative estimate of drug-likeness (QED) is 0.125. The maximum absolute atomic E-state index is 15.9. The zero-order chi connectivity index (χ0) is 35.5. The SMILES string of the molecule is C=CC(=O)N1[C@H](C)CN(c2c(C#N)c(=O)n(C3=C(C)C=CN(C)C3C(C)C)c3nc(-c4c(F)c(N)c(Cl)c(Cl)c4Cl)c(Cl)cc23)C[C@@H]1C. The predicted molar refractivity (Wildman–Crippen MR) is 193 cm³/mol. The summed E-state index contributed by atoms with van der Waals surface area (Å²) in [6, 6.07) is 2.79. The smallest absolute Gasteiger partial charge is 0.276 e. The van der Waals surface area contributed by atoms with Gasteiger partial charge in [-0.15, -0.1) is 0 Å². The van der Waals surface area contributed by atoms with E-state index in [4.69, 9.17) is 57.1 Å². The molecule has 1 aromatic carbocycles. The van der Waals surface area contributed by atoms with Crippen molar-refractivity contribution in [3.63, 3.8) is 0 Å². The van der Waals surface area contributed by atoms with E-state index in [2.05, 4.69) is 12.6 Å². The Morgan fingerprint density at radius 1 is 1.17 bits per heavy atom. The molecule has 0 radical (unpaired) electrons. The average Bonchev–Trinajstić information content (AvgIpc) is 3.03. The Bertz CT molecular complexity index is 2010. The molecule has 3 atom stereocenters. The lowest BCUT2D eigenvalue weighted by molar-refractivity contribution is -0.130. The van der Waals surface area contributed by atoms with Crippen molar-refractivity contribution in [2.75, 3.05) is 30.8 Å². The first kappa shape index (κ1) is 35.6. The van der Waals surface area contributed by atoms with Gasteiger partial charge in [-0.05, 0) is 56.7 Å². The van der Waals surface area contributed by atoms with Crippen LogP contribution in [0.5, 0.6) is 0 Å². The van der Waals surface area contributed by atoms with Gasteiger partial charge in [-0.1, -0.05) is 66.8 Å². The number of aromatic nitrogens is 2. The number of nitriles is 1. The molecule has 3 aromatic rings. The summed E-state index contributed by atoms with van der Waals surface area (Å²) in [5.74, 6) is -1.18. The summed E-state index contributed by atoms with van der Waals surface area (Å²) in [6.07, 6.45) is 5.06. The molecule has 2 aliphatic rings. The predicted octanol–water partition coefficient (Wildman–Crippen LogP) is 7.60. The Morgan fingerprint density at radius 2 is 1.79 bits per heavy atom. The number of fused-ring (bicyclic) bond motifs is 1.